The molecule has 5 rings (SSSR count). The van der Waals surface area contributed by atoms with Crippen LogP contribution in [-0.2, 0) is 4.74 Å². The van der Waals surface area contributed by atoms with Crippen LogP contribution in [0.5, 0.6) is 0 Å². The molecule has 2 unspecified atom stereocenters. The van der Waals surface area contributed by atoms with Gasteiger partial charge in [-0.15, -0.1) is 0 Å². The number of anilines is 1. The van der Waals surface area contributed by atoms with E-state index >= 15 is 0 Å². The average molecular weight is 552 g/mol. The maximum atomic E-state index is 14.1. The van der Waals surface area contributed by atoms with Crippen LogP contribution in [0.4, 0.5) is 19.4 Å². The summed E-state index contributed by atoms with van der Waals surface area (Å²) >= 11 is 6.78. The van der Waals surface area contributed by atoms with Crippen LogP contribution >= 0.6 is 11.6 Å². The molecule has 2 amide bonds. The number of methoxy groups -OCH3 is 1. The third kappa shape index (κ3) is 6.11. The highest BCUT2D eigenvalue weighted by Gasteiger charge is 2.35. The molecule has 2 N–H and O–H groups in total. The van der Waals surface area contributed by atoms with Crippen molar-refractivity contribution in [1.29, 1.82) is 0 Å². The Hall–Kier alpha value is -3.79. The first-order valence-electron chi connectivity index (χ1n) is 12.6. The highest BCUT2D eigenvalue weighted by molar-refractivity contribution is 6.36. The lowest BCUT2D eigenvalue weighted by molar-refractivity contribution is 0.159. The minimum atomic E-state index is -0.657. The maximum Gasteiger partial charge on any atom is 0.320 e. The second kappa shape index (κ2) is 11.9. The van der Waals surface area contributed by atoms with Crippen molar-refractivity contribution in [3.8, 4) is 16.9 Å². The molecule has 0 spiro atoms. The average Bonchev–Trinajstić information content (AvgIpc) is 3.48. The van der Waals surface area contributed by atoms with Gasteiger partial charge in [0.2, 0.25) is 0 Å². The molecule has 0 bridgehead atoms. The van der Waals surface area contributed by atoms with Gasteiger partial charge in [-0.05, 0) is 29.8 Å². The van der Waals surface area contributed by atoms with Gasteiger partial charge in [-0.2, -0.15) is 5.10 Å². The predicted octanol–water partition coefficient (Wildman–Crippen LogP) is 5.71. The summed E-state index contributed by atoms with van der Waals surface area (Å²) in [6.45, 7) is 2.12. The van der Waals surface area contributed by atoms with Crippen LogP contribution in [-0.4, -0.2) is 60.1 Å². The lowest BCUT2D eigenvalue weighted by Gasteiger charge is -2.21. The molecular formula is C29H28ClF2N5O2. The number of hydrogen-bond donors (Lipinski definition) is 2. The van der Waals surface area contributed by atoms with Crippen LogP contribution < -0.4 is 10.6 Å². The minimum absolute atomic E-state index is 0.289. The van der Waals surface area contributed by atoms with Gasteiger partial charge >= 0.3 is 6.03 Å². The van der Waals surface area contributed by atoms with Crippen LogP contribution in [0.2, 0.25) is 5.02 Å². The highest BCUT2D eigenvalue weighted by atomic mass is 35.5. The van der Waals surface area contributed by atoms with E-state index in [4.69, 9.17) is 21.4 Å². The van der Waals surface area contributed by atoms with Crippen LogP contribution in [0, 0.1) is 11.6 Å². The van der Waals surface area contributed by atoms with Crippen molar-refractivity contribution in [3.05, 3.63) is 101 Å². The molecule has 1 saturated heterocycles. The standard InChI is InChI=1S/C29H28ClF2N5O2/c1-39-13-12-36-17-24(20-14-21(31)16-22(32)15-20)25(18-36)33-29(38)34-28-26(30)27(19-8-4-2-5-9-19)35-37(28)23-10-6-3-7-11-23/h2-11,14-16,24-25H,12-13,17-18H2,1H3,(H2,33,34,38). The van der Waals surface area contributed by atoms with E-state index in [0.717, 1.165) is 17.3 Å². The van der Waals surface area contributed by atoms with E-state index in [1.165, 1.54) is 12.1 Å². The molecule has 2 heterocycles. The number of hydrogen-bond acceptors (Lipinski definition) is 4. The quantitative estimate of drug-likeness (QED) is 0.294. The van der Waals surface area contributed by atoms with Gasteiger partial charge in [0.05, 0.1) is 18.3 Å². The molecule has 0 radical (unpaired) electrons. The number of nitrogens with zero attached hydrogens (tertiary/aromatic N) is 3. The zero-order valence-electron chi connectivity index (χ0n) is 21.3. The Morgan fingerprint density at radius 1 is 1.03 bits per heavy atom. The molecule has 0 aliphatic carbocycles. The summed E-state index contributed by atoms with van der Waals surface area (Å²) in [6.07, 6.45) is 0. The van der Waals surface area contributed by atoms with Gasteiger partial charge in [0.25, 0.3) is 0 Å². The van der Waals surface area contributed by atoms with Crippen molar-refractivity contribution < 1.29 is 18.3 Å². The smallest absolute Gasteiger partial charge is 0.320 e. The number of benzene rings is 3. The number of nitrogens with one attached hydrogen (secondary N) is 2. The Bertz CT molecular complexity index is 1410. The first-order chi connectivity index (χ1) is 18.9. The van der Waals surface area contributed by atoms with Crippen LogP contribution in [0.1, 0.15) is 11.5 Å². The molecule has 3 aromatic carbocycles. The van der Waals surface area contributed by atoms with Crippen LogP contribution in [0.15, 0.2) is 78.9 Å². The van der Waals surface area contributed by atoms with Crippen molar-refractivity contribution in [1.82, 2.24) is 20.0 Å². The number of para-hydroxylation sites is 1. The van der Waals surface area contributed by atoms with Gasteiger partial charge in [0, 0.05) is 44.3 Å². The number of halogens is 3. The van der Waals surface area contributed by atoms with E-state index in [-0.39, 0.29) is 10.9 Å². The zero-order chi connectivity index (χ0) is 27.4. The first kappa shape index (κ1) is 26.8. The van der Waals surface area contributed by atoms with Crippen molar-refractivity contribution in [2.45, 2.75) is 12.0 Å². The summed E-state index contributed by atoms with van der Waals surface area (Å²) in [4.78, 5) is 15.5. The van der Waals surface area contributed by atoms with Crippen molar-refractivity contribution in [2.24, 2.45) is 0 Å². The topological polar surface area (TPSA) is 71.4 Å². The number of carbonyl (C=O) groups excluding carboxylic acids is 1. The number of ether oxygens (including phenoxy) is 1. The first-order valence-corrected chi connectivity index (χ1v) is 12.9. The van der Waals surface area contributed by atoms with Crippen LogP contribution in [0.25, 0.3) is 16.9 Å². The van der Waals surface area contributed by atoms with Gasteiger partial charge in [-0.3, -0.25) is 10.2 Å². The Morgan fingerprint density at radius 2 is 1.69 bits per heavy atom. The fourth-order valence-corrected chi connectivity index (χ4v) is 5.19. The van der Waals surface area contributed by atoms with Crippen LogP contribution in [0.3, 0.4) is 0 Å². The fourth-order valence-electron chi connectivity index (χ4n) is 4.92. The van der Waals surface area contributed by atoms with Crippen molar-refractivity contribution >= 4 is 23.4 Å². The number of carbonyl (C=O) groups is 1. The monoisotopic (exact) mass is 551 g/mol. The van der Waals surface area contributed by atoms with Gasteiger partial charge in [0.15, 0.2) is 5.82 Å². The second-order valence-electron chi connectivity index (χ2n) is 9.39. The summed E-state index contributed by atoms with van der Waals surface area (Å²) in [5.74, 6) is -1.33. The largest absolute Gasteiger partial charge is 0.383 e. The molecule has 0 saturated carbocycles. The third-order valence-electron chi connectivity index (χ3n) is 6.74. The normalized spacial score (nSPS) is 17.3. The maximum absolute atomic E-state index is 14.1. The van der Waals surface area contributed by atoms with Gasteiger partial charge in [-0.1, -0.05) is 60.1 Å². The van der Waals surface area contributed by atoms with Gasteiger partial charge < -0.3 is 10.1 Å². The molecule has 39 heavy (non-hydrogen) atoms. The predicted molar refractivity (Wildman–Crippen MR) is 147 cm³/mol. The number of aromatic nitrogens is 2. The molecular weight excluding hydrogens is 524 g/mol. The Balaban J connectivity index is 1.42. The zero-order valence-corrected chi connectivity index (χ0v) is 22.0. The van der Waals surface area contributed by atoms with E-state index in [2.05, 4.69) is 15.5 Å². The summed E-state index contributed by atoms with van der Waals surface area (Å²) < 4.78 is 34.9. The molecule has 1 aliphatic heterocycles. The fraction of sp³-hybridized carbons (Fsp3) is 0.241. The number of rotatable bonds is 8. The molecule has 4 aromatic rings. The SMILES string of the molecule is COCCN1CC(NC(=O)Nc2c(Cl)c(-c3ccccc3)nn2-c2ccccc2)C(c2cc(F)cc(F)c2)C1. The lowest BCUT2D eigenvalue weighted by Crippen LogP contribution is -2.42. The Kier molecular flexibility index (Phi) is 8.21. The second-order valence-corrected chi connectivity index (χ2v) is 9.77. The number of urea groups is 1. The minimum Gasteiger partial charge on any atom is -0.383 e. The third-order valence-corrected chi connectivity index (χ3v) is 7.10. The Morgan fingerprint density at radius 3 is 2.36 bits per heavy atom. The van der Waals surface area contributed by atoms with Crippen molar-refractivity contribution in [2.75, 3.05) is 38.7 Å². The molecule has 1 fully saturated rings. The summed E-state index contributed by atoms with van der Waals surface area (Å²) in [7, 11) is 1.61. The summed E-state index contributed by atoms with van der Waals surface area (Å²) in [5, 5.41) is 10.9. The number of amides is 2. The summed E-state index contributed by atoms with van der Waals surface area (Å²) in [5.41, 5.74) is 2.53. The van der Waals surface area contributed by atoms with E-state index in [9.17, 15) is 13.6 Å². The van der Waals surface area contributed by atoms with Gasteiger partial charge in [-0.25, -0.2) is 18.3 Å². The number of likely N-dealkylation sites (tertiary alicyclic amines) is 1. The van der Waals surface area contributed by atoms with E-state index in [0.29, 0.717) is 43.3 Å². The molecule has 202 valence electrons. The van der Waals surface area contributed by atoms with Crippen molar-refractivity contribution in [3.63, 3.8) is 0 Å². The van der Waals surface area contributed by atoms with E-state index in [1.807, 2.05) is 60.7 Å². The molecule has 1 aliphatic rings. The summed E-state index contributed by atoms with van der Waals surface area (Å²) in [6, 6.07) is 21.4. The lowest BCUT2D eigenvalue weighted by atomic mass is 9.94. The van der Waals surface area contributed by atoms with Gasteiger partial charge in [0.1, 0.15) is 22.4 Å². The Labute approximate surface area is 230 Å². The molecule has 7 nitrogen and oxygen atoms in total. The van der Waals surface area contributed by atoms with E-state index in [1.54, 1.807) is 11.8 Å². The molecule has 2 atom stereocenters. The molecule has 1 aromatic heterocycles. The van der Waals surface area contributed by atoms with E-state index < -0.39 is 23.7 Å². The molecule has 10 heteroatoms. The highest BCUT2D eigenvalue weighted by Crippen LogP contribution is 2.35.